The molecule has 0 aliphatic carbocycles. The molecule has 0 aliphatic rings. The molecule has 0 saturated heterocycles. The van der Waals surface area contributed by atoms with Gasteiger partial charge < -0.3 is 10.5 Å². The van der Waals surface area contributed by atoms with Gasteiger partial charge in [0, 0.05) is 12.7 Å². The molecular weight excluding hydrogens is 168 g/mol. The van der Waals surface area contributed by atoms with Gasteiger partial charge >= 0.3 is 0 Å². The first-order chi connectivity index (χ1) is 6.35. The molecule has 2 rings (SSSR count). The van der Waals surface area contributed by atoms with Crippen LogP contribution in [0.5, 0.6) is 5.88 Å². The van der Waals surface area contributed by atoms with Crippen molar-refractivity contribution in [3.63, 3.8) is 0 Å². The highest BCUT2D eigenvalue weighted by molar-refractivity contribution is 5.40. The Hall–Kier alpha value is -1.62. The first-order valence-electron chi connectivity index (χ1n) is 3.91. The second-order valence-corrected chi connectivity index (χ2v) is 2.61. The van der Waals surface area contributed by atoms with Gasteiger partial charge in [-0.2, -0.15) is 0 Å². The van der Waals surface area contributed by atoms with E-state index in [9.17, 15) is 0 Å². The van der Waals surface area contributed by atoms with Crippen LogP contribution in [0.1, 0.15) is 5.69 Å². The topological polar surface area (TPSA) is 65.4 Å². The molecule has 5 heteroatoms. The molecule has 2 aromatic heterocycles. The minimum atomic E-state index is 0.421. The van der Waals surface area contributed by atoms with Crippen molar-refractivity contribution in [1.29, 1.82) is 0 Å². The average molecular weight is 178 g/mol. The predicted octanol–water partition coefficient (Wildman–Crippen LogP) is 0.197. The summed E-state index contributed by atoms with van der Waals surface area (Å²) in [6, 6.07) is 0. The highest BCUT2D eigenvalue weighted by atomic mass is 16.5. The molecule has 2 aromatic rings. The van der Waals surface area contributed by atoms with Crippen LogP contribution in [0, 0.1) is 0 Å². The third-order valence-corrected chi connectivity index (χ3v) is 1.81. The summed E-state index contributed by atoms with van der Waals surface area (Å²) in [5.41, 5.74) is 7.04. The number of fused-ring (bicyclic) bond motifs is 1. The fourth-order valence-electron chi connectivity index (χ4n) is 1.19. The summed E-state index contributed by atoms with van der Waals surface area (Å²) in [4.78, 5) is 8.22. The lowest BCUT2D eigenvalue weighted by atomic mass is 10.5. The van der Waals surface area contributed by atoms with E-state index < -0.39 is 0 Å². The van der Waals surface area contributed by atoms with E-state index in [-0.39, 0.29) is 0 Å². The van der Waals surface area contributed by atoms with Crippen molar-refractivity contribution in [3.05, 3.63) is 24.3 Å². The first kappa shape index (κ1) is 8.00. The number of ether oxygens (including phenoxy) is 1. The molecule has 2 heterocycles. The molecule has 0 bridgehead atoms. The summed E-state index contributed by atoms with van der Waals surface area (Å²) >= 11 is 0. The highest BCUT2D eigenvalue weighted by Crippen LogP contribution is 2.12. The second kappa shape index (κ2) is 3.02. The van der Waals surface area contributed by atoms with E-state index in [1.807, 2.05) is 10.6 Å². The zero-order valence-electron chi connectivity index (χ0n) is 7.27. The number of methoxy groups -OCH3 is 1. The van der Waals surface area contributed by atoms with E-state index in [1.54, 1.807) is 19.5 Å². The quantitative estimate of drug-likeness (QED) is 0.713. The number of rotatable bonds is 2. The van der Waals surface area contributed by atoms with E-state index in [4.69, 9.17) is 10.5 Å². The summed E-state index contributed by atoms with van der Waals surface area (Å²) in [5, 5.41) is 0. The number of nitrogens with zero attached hydrogens (tertiary/aromatic N) is 3. The molecule has 0 unspecified atom stereocenters. The zero-order chi connectivity index (χ0) is 9.26. The Morgan fingerprint density at radius 1 is 1.54 bits per heavy atom. The standard InChI is InChI=1S/C8H10N4O/c1-13-8-4-10-3-7-11-6(2-9)5-12(7)8/h3-5H,2,9H2,1H3. The molecule has 0 amide bonds. The van der Waals surface area contributed by atoms with Gasteiger partial charge in [-0.3, -0.25) is 9.38 Å². The van der Waals surface area contributed by atoms with Gasteiger partial charge in [-0.15, -0.1) is 0 Å². The average Bonchev–Trinajstić information content (AvgIpc) is 2.59. The van der Waals surface area contributed by atoms with Crippen molar-refractivity contribution >= 4 is 5.65 Å². The van der Waals surface area contributed by atoms with Crippen molar-refractivity contribution in [2.45, 2.75) is 6.54 Å². The van der Waals surface area contributed by atoms with Gasteiger partial charge in [0.25, 0.3) is 0 Å². The largest absolute Gasteiger partial charge is 0.481 e. The maximum Gasteiger partial charge on any atom is 0.218 e. The molecule has 0 saturated carbocycles. The molecule has 13 heavy (non-hydrogen) atoms. The highest BCUT2D eigenvalue weighted by Gasteiger charge is 2.03. The summed E-state index contributed by atoms with van der Waals surface area (Å²) in [5.74, 6) is 0.657. The van der Waals surface area contributed by atoms with Crippen molar-refractivity contribution < 1.29 is 4.74 Å². The maximum atomic E-state index is 5.47. The monoisotopic (exact) mass is 178 g/mol. The van der Waals surface area contributed by atoms with E-state index in [0.717, 1.165) is 11.3 Å². The maximum absolute atomic E-state index is 5.47. The van der Waals surface area contributed by atoms with Crippen LogP contribution in [-0.2, 0) is 6.54 Å². The Morgan fingerprint density at radius 3 is 3.08 bits per heavy atom. The number of hydrogen-bond acceptors (Lipinski definition) is 4. The van der Waals surface area contributed by atoms with E-state index in [0.29, 0.717) is 12.4 Å². The van der Waals surface area contributed by atoms with Gasteiger partial charge in [-0.25, -0.2) is 4.98 Å². The fraction of sp³-hybridized carbons (Fsp3) is 0.250. The number of nitrogens with two attached hydrogens (primary N) is 1. The van der Waals surface area contributed by atoms with Crippen LogP contribution in [0.25, 0.3) is 5.65 Å². The predicted molar refractivity (Wildman–Crippen MR) is 47.4 cm³/mol. The Morgan fingerprint density at radius 2 is 2.38 bits per heavy atom. The third-order valence-electron chi connectivity index (χ3n) is 1.81. The molecule has 0 atom stereocenters. The lowest BCUT2D eigenvalue weighted by molar-refractivity contribution is 0.390. The first-order valence-corrected chi connectivity index (χ1v) is 3.91. The Kier molecular flexibility index (Phi) is 1.86. The molecule has 0 aromatic carbocycles. The molecule has 0 radical (unpaired) electrons. The zero-order valence-corrected chi connectivity index (χ0v) is 7.27. The Bertz CT molecular complexity index is 423. The molecule has 0 fully saturated rings. The van der Waals surface area contributed by atoms with Crippen molar-refractivity contribution in [1.82, 2.24) is 14.4 Å². The van der Waals surface area contributed by atoms with Gasteiger partial charge in [0.15, 0.2) is 5.65 Å². The molecule has 0 aliphatic heterocycles. The summed E-state index contributed by atoms with van der Waals surface area (Å²) in [6.45, 7) is 0.421. The lowest BCUT2D eigenvalue weighted by Gasteiger charge is -2.00. The van der Waals surface area contributed by atoms with Crippen LogP contribution < -0.4 is 10.5 Å². The fourth-order valence-corrected chi connectivity index (χ4v) is 1.19. The Labute approximate surface area is 75.2 Å². The van der Waals surface area contributed by atoms with E-state index >= 15 is 0 Å². The third kappa shape index (κ3) is 1.23. The van der Waals surface area contributed by atoms with Crippen molar-refractivity contribution in [3.8, 4) is 5.88 Å². The minimum Gasteiger partial charge on any atom is -0.481 e. The smallest absolute Gasteiger partial charge is 0.218 e. The van der Waals surface area contributed by atoms with Gasteiger partial charge in [-0.1, -0.05) is 0 Å². The van der Waals surface area contributed by atoms with Crippen LogP contribution >= 0.6 is 0 Å². The summed E-state index contributed by atoms with van der Waals surface area (Å²) in [6.07, 6.45) is 5.15. The molecule has 0 spiro atoms. The van der Waals surface area contributed by atoms with Gasteiger partial charge in [0.1, 0.15) is 0 Å². The van der Waals surface area contributed by atoms with Crippen LogP contribution in [-0.4, -0.2) is 21.5 Å². The lowest BCUT2D eigenvalue weighted by Crippen LogP contribution is -1.95. The minimum absolute atomic E-state index is 0.421. The summed E-state index contributed by atoms with van der Waals surface area (Å²) < 4.78 is 6.92. The van der Waals surface area contributed by atoms with E-state index in [1.165, 1.54) is 0 Å². The molecule has 68 valence electrons. The van der Waals surface area contributed by atoms with Crippen LogP contribution in [0.4, 0.5) is 0 Å². The number of imidazole rings is 1. The summed E-state index contributed by atoms with van der Waals surface area (Å²) in [7, 11) is 1.60. The normalized spacial score (nSPS) is 10.6. The number of aromatic nitrogens is 3. The second-order valence-electron chi connectivity index (χ2n) is 2.61. The number of hydrogen-bond donors (Lipinski definition) is 1. The molecular formula is C8H10N4O. The van der Waals surface area contributed by atoms with Crippen molar-refractivity contribution in [2.75, 3.05) is 7.11 Å². The van der Waals surface area contributed by atoms with Gasteiger partial charge in [-0.05, 0) is 0 Å². The van der Waals surface area contributed by atoms with Gasteiger partial charge in [0.2, 0.25) is 5.88 Å². The van der Waals surface area contributed by atoms with E-state index in [2.05, 4.69) is 9.97 Å². The molecule has 5 nitrogen and oxygen atoms in total. The Balaban J connectivity index is 2.67. The van der Waals surface area contributed by atoms with Crippen molar-refractivity contribution in [2.24, 2.45) is 5.73 Å². The van der Waals surface area contributed by atoms with Crippen LogP contribution in [0.15, 0.2) is 18.6 Å². The molecule has 2 N–H and O–H groups in total. The van der Waals surface area contributed by atoms with Gasteiger partial charge in [0.05, 0.1) is 25.2 Å². The van der Waals surface area contributed by atoms with Crippen LogP contribution in [0.3, 0.4) is 0 Å². The van der Waals surface area contributed by atoms with Crippen LogP contribution in [0.2, 0.25) is 0 Å². The SMILES string of the molecule is COc1cncc2nc(CN)cn12.